The van der Waals surface area contributed by atoms with Crippen LogP contribution in [0.25, 0.3) is 0 Å². The highest BCUT2D eigenvalue weighted by Crippen LogP contribution is 2.46. The number of unbranched alkanes of at least 4 members (excludes halogenated alkanes) is 7. The zero-order valence-corrected chi connectivity index (χ0v) is 64.3. The van der Waals surface area contributed by atoms with Gasteiger partial charge in [0.05, 0.1) is 122 Å². The normalized spacial score (nSPS) is 31.6. The van der Waals surface area contributed by atoms with Crippen molar-refractivity contribution in [2.75, 3.05) is 139 Å². The molecule has 4 fully saturated rings. The highest BCUT2D eigenvalue weighted by Gasteiger charge is 2.47. The third kappa shape index (κ3) is 37.0. The van der Waals surface area contributed by atoms with Crippen LogP contribution in [0.5, 0.6) is 0 Å². The third-order valence-corrected chi connectivity index (χ3v) is 21.8. The van der Waals surface area contributed by atoms with Crippen LogP contribution in [-0.2, 0) is 120 Å². The summed E-state index contributed by atoms with van der Waals surface area (Å²) >= 11 is 0. The van der Waals surface area contributed by atoms with E-state index in [2.05, 4.69) is 9.84 Å². The van der Waals surface area contributed by atoms with Gasteiger partial charge in [0, 0.05) is 71.9 Å². The third-order valence-electron chi connectivity index (χ3n) is 16.9. The van der Waals surface area contributed by atoms with E-state index in [-0.39, 0.29) is 104 Å². The van der Waals surface area contributed by atoms with Gasteiger partial charge in [-0.1, -0.05) is 39.5 Å². The molecule has 24 atom stereocenters. The summed E-state index contributed by atoms with van der Waals surface area (Å²) in [7, 11) is -24.0. The number of ether oxygens (including phenoxy) is 10. The van der Waals surface area contributed by atoms with Crippen molar-refractivity contribution in [3.8, 4) is 0 Å². The summed E-state index contributed by atoms with van der Waals surface area (Å²) in [4.78, 5) is 75.5. The van der Waals surface area contributed by atoms with E-state index in [1.807, 2.05) is 0 Å². The Morgan fingerprint density at radius 1 is 0.419 bits per heavy atom. The number of rotatable bonds is 59. The fourth-order valence-electron chi connectivity index (χ4n) is 10.9. The molecule has 0 saturated carbocycles. The molecule has 0 bridgehead atoms. The fourth-order valence-corrected chi connectivity index (χ4v) is 14.7. The second-order valence-electron chi connectivity index (χ2n) is 25.8. The van der Waals surface area contributed by atoms with E-state index < -0.39 is 233 Å². The van der Waals surface area contributed by atoms with Gasteiger partial charge in [0.25, 0.3) is 39.1 Å². The molecule has 4 aliphatic heterocycles. The van der Waals surface area contributed by atoms with Crippen LogP contribution in [0.4, 0.5) is 0 Å². The molecule has 4 saturated heterocycles. The summed E-state index contributed by atoms with van der Waals surface area (Å²) < 4.78 is 171. The lowest BCUT2D eigenvalue weighted by atomic mass is 9.92. The maximum Gasteiger partial charge on any atom is 0.267 e. The topological polar surface area (TPSA) is 596 Å². The second kappa shape index (κ2) is 49.8. The second-order valence-corrected chi connectivity index (χ2v) is 32.9. The first-order valence-corrected chi connectivity index (χ1v) is 42.3. The summed E-state index contributed by atoms with van der Waals surface area (Å²) in [6.45, 7) is -1.37. The molecule has 1 amide bonds. The van der Waals surface area contributed by atoms with E-state index in [1.165, 1.54) is 6.92 Å². The molecule has 0 aromatic heterocycles. The van der Waals surface area contributed by atoms with Gasteiger partial charge in [-0.3, -0.25) is 27.6 Å². The predicted molar refractivity (Wildman–Crippen MR) is 348 cm³/mol. The first-order chi connectivity index (χ1) is 49.6. The van der Waals surface area contributed by atoms with Crippen molar-refractivity contribution < 1.29 is 191 Å². The zero-order chi connectivity index (χ0) is 77.9. The highest BCUT2D eigenvalue weighted by atomic mass is 31.2. The Kier molecular flexibility index (Phi) is 45.8. The Hall–Kier alpha value is -0.740. The van der Waals surface area contributed by atoms with Crippen LogP contribution in [0.3, 0.4) is 0 Å². The average molecular weight is 1630 g/mol. The van der Waals surface area contributed by atoms with Crippen molar-refractivity contribution >= 4 is 45.0 Å². The summed E-state index contributed by atoms with van der Waals surface area (Å²) in [6, 6.07) is -1.12. The zero-order valence-electron chi connectivity index (χ0n) is 59.9. The van der Waals surface area contributed by atoms with E-state index >= 15 is 0 Å². The monoisotopic (exact) mass is 1630 g/mol. The summed E-state index contributed by atoms with van der Waals surface area (Å²) in [6.07, 6.45) is -13.5. The summed E-state index contributed by atoms with van der Waals surface area (Å²) in [5.41, 5.74) is -1.66. The smallest absolute Gasteiger partial charge is 0.267 e. The number of amides is 1. The van der Waals surface area contributed by atoms with Crippen molar-refractivity contribution in [3.05, 3.63) is 0 Å². The first kappa shape index (κ1) is 96.6. The molecule has 0 spiro atoms. The molecule has 4 rings (SSSR count). The van der Waals surface area contributed by atoms with Gasteiger partial charge < -0.3 is 168 Å². The van der Waals surface area contributed by atoms with Gasteiger partial charge in [0.15, 0.2) is 18.9 Å². The Morgan fingerprint density at radius 3 is 1.15 bits per heavy atom. The van der Waals surface area contributed by atoms with Gasteiger partial charge in [0.2, 0.25) is 5.91 Å². The number of carbonyl (C=O) groups excluding carboxylic acids is 1. The Bertz CT molecular complexity index is 2630. The quantitative estimate of drug-likeness (QED) is 0.0231. The van der Waals surface area contributed by atoms with Crippen molar-refractivity contribution in [2.24, 2.45) is 17.3 Å². The van der Waals surface area contributed by atoms with Crippen molar-refractivity contribution in [1.82, 2.24) is 5.32 Å². The van der Waals surface area contributed by atoms with Crippen LogP contribution in [-0.4, -0.2) is 289 Å². The SMILES string of the molecule is COP(=O)([O-])O[C@H]1C[C@H](C)O[C@@H]1COP(=O)([O-])OCC(COCCCOP(=O)([O-])OCCCCCCO[C@@H]1OC(CO)[C@H](O)[C@H](O)C1C)(COCCCOP(=O)([O-])OCCCCCCO[C@@H]1OC(CO)[C@H](O)[C@H](O)C1NC(C)=O)COCCCOP(=O)([O-])OCCCCO[C@@H]1OC(CO)[C@H](O)[C@H](O)C1C. The standard InChI is InChI=1S/C59H116NO40P5/c1-40-31-44(100-101(71,72)81-5)48(96-40)35-94-105(79,80)95-39-59(38-84-21-18-30-93-104(77,78)90-27-15-14-24-86-57-42(3)51(66)53(68)46(33-62)98-57,36-82-19-16-28-91-102(73,74)88-25-12-8-6-10-22-85-56-41(2)50(65)52(67)45(32-61)97-56)37-83-20-17-29-92-103(75,76)89-26-13-9-7-11-23-87-58-49(60-43(4)64)55(70)54(69)47(34-63)99-58/h40-42,44-58,61-63,65-70H,6-39H2,1-5H3,(H,60,64)(H,71,72)(H,73,74)(H,75,76)(H,77,78)(H,79,80)/p-5/t40-,41?,42?,44-,45?,46?,47?,48+,49?,50+,51+,52-,53-,54-,55+,56+,57+,58+,59?/m0/s1. The number of aliphatic hydroxyl groups excluding tert-OH is 9. The molecule has 4 aliphatic rings. The van der Waals surface area contributed by atoms with E-state index in [4.69, 9.17) is 88.1 Å². The molecule has 41 nitrogen and oxygen atoms in total. The number of aliphatic hydroxyl groups is 9. The molecule has 46 heteroatoms. The number of hydrogen-bond donors (Lipinski definition) is 10. The van der Waals surface area contributed by atoms with Crippen LogP contribution in [0.2, 0.25) is 0 Å². The highest BCUT2D eigenvalue weighted by molar-refractivity contribution is 7.46. The van der Waals surface area contributed by atoms with E-state index in [1.54, 1.807) is 20.8 Å². The average Bonchev–Trinajstić information content (AvgIpc) is 1.45. The van der Waals surface area contributed by atoms with Gasteiger partial charge >= 0.3 is 0 Å². The minimum Gasteiger partial charge on any atom is -0.756 e. The van der Waals surface area contributed by atoms with Gasteiger partial charge in [-0.25, -0.2) is 0 Å². The first-order valence-electron chi connectivity index (χ1n) is 35.0. The molecule has 12 unspecified atom stereocenters. The molecular formula is C59H111NO40P5-5. The number of phosphoric acid groups is 5. The summed E-state index contributed by atoms with van der Waals surface area (Å²) in [5.74, 6) is -1.73. The largest absolute Gasteiger partial charge is 0.756 e. The molecular weight excluding hydrogens is 1520 g/mol. The van der Waals surface area contributed by atoms with E-state index in [0.29, 0.717) is 44.9 Å². The number of hydrogen-bond acceptors (Lipinski definition) is 40. The molecule has 105 heavy (non-hydrogen) atoms. The van der Waals surface area contributed by atoms with Crippen LogP contribution in [0.1, 0.15) is 118 Å². The minimum atomic E-state index is -5.40. The van der Waals surface area contributed by atoms with Crippen molar-refractivity contribution in [3.63, 3.8) is 0 Å². The lowest BCUT2D eigenvalue weighted by Crippen LogP contribution is -2.64. The van der Waals surface area contributed by atoms with E-state index in [9.17, 15) is 98.0 Å². The summed E-state index contributed by atoms with van der Waals surface area (Å²) in [5, 5.41) is 92.4. The van der Waals surface area contributed by atoms with Gasteiger partial charge in [-0.05, 0) is 64.7 Å². The Balaban J connectivity index is 1.34. The van der Waals surface area contributed by atoms with Crippen LogP contribution < -0.4 is 29.8 Å². The molecule has 622 valence electrons. The molecule has 0 aromatic carbocycles. The lowest BCUT2D eigenvalue weighted by Gasteiger charge is -2.42. The van der Waals surface area contributed by atoms with Gasteiger partial charge in [-0.2, -0.15) is 0 Å². The van der Waals surface area contributed by atoms with Gasteiger partial charge in [-0.15, -0.1) is 0 Å². The van der Waals surface area contributed by atoms with Crippen molar-refractivity contribution in [2.45, 2.75) is 216 Å². The minimum absolute atomic E-state index is 0.00657. The molecule has 0 aromatic rings. The molecule has 4 heterocycles. The maximum atomic E-state index is 13.5. The number of nitrogens with one attached hydrogen (secondary N) is 1. The van der Waals surface area contributed by atoms with Gasteiger partial charge in [0.1, 0.15) is 54.9 Å². The molecule has 10 N–H and O–H groups in total. The number of phosphoric ester groups is 5. The fraction of sp³-hybridized carbons (Fsp3) is 0.983. The van der Waals surface area contributed by atoms with Crippen LogP contribution in [0, 0.1) is 17.3 Å². The Morgan fingerprint density at radius 2 is 0.762 bits per heavy atom. The number of carbonyl (C=O) groups is 1. The predicted octanol–water partition coefficient (Wildman–Crippen LogP) is -2.08. The van der Waals surface area contributed by atoms with Crippen molar-refractivity contribution in [1.29, 1.82) is 0 Å². The Labute approximate surface area is 611 Å². The van der Waals surface area contributed by atoms with E-state index in [0.717, 1.165) is 7.11 Å². The van der Waals surface area contributed by atoms with Crippen LogP contribution >= 0.6 is 39.1 Å². The molecule has 0 aliphatic carbocycles. The lowest BCUT2D eigenvalue weighted by molar-refractivity contribution is -0.282. The molecule has 0 radical (unpaired) electrons. The van der Waals surface area contributed by atoms with Crippen LogP contribution in [0.15, 0.2) is 0 Å². The maximum absolute atomic E-state index is 13.5.